The molecule has 0 spiro atoms. The second-order valence-electron chi connectivity index (χ2n) is 9.55. The SMILES string of the molecule is CN1CC[C@]23CCCC[C@H]2[C@H]1Cc1ccc(OC(=O)C(N)Cc2ccccc2)cc13. The minimum absolute atomic E-state index is 0.261. The van der Waals surface area contributed by atoms with Crippen molar-refractivity contribution >= 4 is 5.97 Å². The second-order valence-corrected chi connectivity index (χ2v) is 9.55. The predicted molar refractivity (Wildman–Crippen MR) is 119 cm³/mol. The Hall–Kier alpha value is -2.17. The summed E-state index contributed by atoms with van der Waals surface area (Å²) in [5, 5.41) is 0. The Bertz CT molecular complexity index is 928. The van der Waals surface area contributed by atoms with Gasteiger partial charge in [0.1, 0.15) is 11.8 Å². The maximum atomic E-state index is 12.7. The molecule has 2 bridgehead atoms. The van der Waals surface area contributed by atoms with Crippen molar-refractivity contribution in [3.8, 4) is 5.75 Å². The van der Waals surface area contributed by atoms with Crippen LogP contribution >= 0.6 is 0 Å². The Labute approximate surface area is 179 Å². The topological polar surface area (TPSA) is 55.6 Å². The maximum absolute atomic E-state index is 12.7. The number of likely N-dealkylation sites (tertiary alicyclic amines) is 1. The van der Waals surface area contributed by atoms with Crippen LogP contribution in [0.15, 0.2) is 48.5 Å². The van der Waals surface area contributed by atoms with E-state index in [2.05, 4.69) is 24.1 Å². The van der Waals surface area contributed by atoms with Gasteiger partial charge in [0.25, 0.3) is 0 Å². The molecular weight excluding hydrogens is 372 g/mol. The van der Waals surface area contributed by atoms with Gasteiger partial charge in [-0.25, -0.2) is 4.79 Å². The van der Waals surface area contributed by atoms with E-state index in [0.717, 1.165) is 24.4 Å². The number of ether oxygens (including phenoxy) is 1. The molecular formula is C26H32N2O2. The lowest BCUT2D eigenvalue weighted by Crippen LogP contribution is -2.59. The van der Waals surface area contributed by atoms with E-state index in [1.54, 1.807) is 0 Å². The van der Waals surface area contributed by atoms with Crippen LogP contribution < -0.4 is 10.5 Å². The Morgan fingerprint density at radius 2 is 2.03 bits per heavy atom. The van der Waals surface area contributed by atoms with Crippen molar-refractivity contribution in [2.75, 3.05) is 13.6 Å². The van der Waals surface area contributed by atoms with Crippen LogP contribution in [0.1, 0.15) is 48.8 Å². The van der Waals surface area contributed by atoms with Crippen molar-refractivity contribution in [2.45, 2.75) is 62.4 Å². The molecule has 1 aliphatic heterocycles. The summed E-state index contributed by atoms with van der Waals surface area (Å²) in [5.41, 5.74) is 10.4. The largest absolute Gasteiger partial charge is 0.425 e. The maximum Gasteiger partial charge on any atom is 0.328 e. The molecule has 4 atom stereocenters. The summed E-state index contributed by atoms with van der Waals surface area (Å²) in [6.45, 7) is 1.16. The highest BCUT2D eigenvalue weighted by Gasteiger charge is 2.53. The van der Waals surface area contributed by atoms with Crippen LogP contribution in [-0.2, 0) is 23.1 Å². The first-order valence-corrected chi connectivity index (χ1v) is 11.4. The zero-order chi connectivity index (χ0) is 20.7. The van der Waals surface area contributed by atoms with Crippen LogP contribution in [0, 0.1) is 5.92 Å². The van der Waals surface area contributed by atoms with E-state index >= 15 is 0 Å². The molecule has 30 heavy (non-hydrogen) atoms. The number of nitrogens with zero attached hydrogens (tertiary/aromatic N) is 1. The average molecular weight is 405 g/mol. The number of benzene rings is 2. The first-order valence-electron chi connectivity index (χ1n) is 11.4. The standard InChI is InChI=1S/C26H32N2O2/c1-28-14-13-26-12-6-5-9-21(26)24(28)16-19-10-11-20(17-22(19)26)30-25(29)23(27)15-18-7-3-2-4-8-18/h2-4,7-8,10-11,17,21,23-24H,5-6,9,12-16,27H2,1H3/t21-,23?,24+,26+/m0/s1. The first kappa shape index (κ1) is 19.8. The van der Waals surface area contributed by atoms with Crippen LogP contribution in [0.5, 0.6) is 5.75 Å². The number of piperidine rings is 1. The van der Waals surface area contributed by atoms with Gasteiger partial charge in [-0.2, -0.15) is 0 Å². The van der Waals surface area contributed by atoms with Crippen LogP contribution in [0.3, 0.4) is 0 Å². The Kier molecular flexibility index (Phi) is 5.16. The summed E-state index contributed by atoms with van der Waals surface area (Å²) in [6, 6.07) is 16.2. The lowest BCUT2D eigenvalue weighted by atomic mass is 9.52. The van der Waals surface area contributed by atoms with Crippen molar-refractivity contribution < 1.29 is 9.53 Å². The van der Waals surface area contributed by atoms with E-state index in [0.29, 0.717) is 18.2 Å². The highest BCUT2D eigenvalue weighted by atomic mass is 16.5. The van der Waals surface area contributed by atoms with E-state index in [1.807, 2.05) is 36.4 Å². The predicted octanol–water partition coefficient (Wildman–Crippen LogP) is 3.85. The minimum Gasteiger partial charge on any atom is -0.425 e. The number of fused-ring (bicyclic) bond motifs is 1. The van der Waals surface area contributed by atoms with Crippen LogP contribution in [0.25, 0.3) is 0 Å². The van der Waals surface area contributed by atoms with Gasteiger partial charge in [0, 0.05) is 11.5 Å². The van der Waals surface area contributed by atoms with Crippen molar-refractivity contribution in [1.82, 2.24) is 4.90 Å². The molecule has 2 fully saturated rings. The zero-order valence-electron chi connectivity index (χ0n) is 17.8. The lowest BCUT2D eigenvalue weighted by Gasteiger charge is -2.58. The molecule has 2 N–H and O–H groups in total. The van der Waals surface area contributed by atoms with Gasteiger partial charge in [-0.15, -0.1) is 0 Å². The van der Waals surface area contributed by atoms with E-state index in [-0.39, 0.29) is 11.4 Å². The number of rotatable bonds is 4. The Morgan fingerprint density at radius 3 is 2.87 bits per heavy atom. The van der Waals surface area contributed by atoms with Gasteiger partial charge in [0.05, 0.1) is 0 Å². The van der Waals surface area contributed by atoms with Crippen molar-refractivity contribution in [3.63, 3.8) is 0 Å². The molecule has 158 valence electrons. The summed E-state index contributed by atoms with van der Waals surface area (Å²) < 4.78 is 5.78. The number of hydrogen-bond acceptors (Lipinski definition) is 4. The molecule has 0 radical (unpaired) electrons. The average Bonchev–Trinajstić information content (AvgIpc) is 2.77. The molecule has 2 aromatic carbocycles. The minimum atomic E-state index is -0.656. The summed E-state index contributed by atoms with van der Waals surface area (Å²) in [5.74, 6) is 1.02. The van der Waals surface area contributed by atoms with Crippen LogP contribution in [0.2, 0.25) is 0 Å². The zero-order valence-corrected chi connectivity index (χ0v) is 17.8. The molecule has 3 aliphatic rings. The Balaban J connectivity index is 1.38. The van der Waals surface area contributed by atoms with E-state index in [1.165, 1.54) is 43.2 Å². The van der Waals surface area contributed by atoms with Crippen molar-refractivity contribution in [3.05, 3.63) is 65.2 Å². The highest BCUT2D eigenvalue weighted by Crippen LogP contribution is 2.55. The molecule has 4 nitrogen and oxygen atoms in total. The van der Waals surface area contributed by atoms with Gasteiger partial charge >= 0.3 is 5.97 Å². The molecule has 1 heterocycles. The van der Waals surface area contributed by atoms with Gasteiger partial charge in [-0.05, 0) is 80.4 Å². The van der Waals surface area contributed by atoms with E-state index in [9.17, 15) is 4.79 Å². The van der Waals surface area contributed by atoms with Crippen molar-refractivity contribution in [2.24, 2.45) is 11.7 Å². The first-order chi connectivity index (χ1) is 14.6. The number of carbonyl (C=O) groups is 1. The molecule has 1 saturated heterocycles. The molecule has 0 aromatic heterocycles. The third kappa shape index (κ3) is 3.36. The number of esters is 1. The van der Waals surface area contributed by atoms with E-state index in [4.69, 9.17) is 10.5 Å². The van der Waals surface area contributed by atoms with Gasteiger partial charge in [-0.3, -0.25) is 0 Å². The fourth-order valence-corrected chi connectivity index (χ4v) is 6.38. The summed E-state index contributed by atoms with van der Waals surface area (Å²) in [6.07, 6.45) is 8.04. The molecule has 0 amide bonds. The molecule has 1 saturated carbocycles. The quantitative estimate of drug-likeness (QED) is 0.621. The Morgan fingerprint density at radius 1 is 1.20 bits per heavy atom. The summed E-state index contributed by atoms with van der Waals surface area (Å²) >= 11 is 0. The molecule has 2 aromatic rings. The summed E-state index contributed by atoms with van der Waals surface area (Å²) in [4.78, 5) is 15.2. The number of carbonyl (C=O) groups excluding carboxylic acids is 1. The fraction of sp³-hybridized carbons (Fsp3) is 0.500. The molecule has 2 aliphatic carbocycles. The lowest BCUT2D eigenvalue weighted by molar-refractivity contribution is -0.135. The third-order valence-corrected chi connectivity index (χ3v) is 7.91. The normalized spacial score (nSPS) is 28.9. The summed E-state index contributed by atoms with van der Waals surface area (Å²) in [7, 11) is 2.29. The fourth-order valence-electron chi connectivity index (χ4n) is 6.38. The number of hydrogen-bond donors (Lipinski definition) is 1. The van der Waals surface area contributed by atoms with E-state index < -0.39 is 6.04 Å². The molecule has 5 rings (SSSR count). The van der Waals surface area contributed by atoms with Gasteiger partial charge in [-0.1, -0.05) is 49.2 Å². The van der Waals surface area contributed by atoms with Gasteiger partial charge in [0.2, 0.25) is 0 Å². The van der Waals surface area contributed by atoms with Gasteiger partial charge in [0.15, 0.2) is 0 Å². The number of likely N-dealkylation sites (N-methyl/N-ethyl adjacent to an activating group) is 1. The second kappa shape index (κ2) is 7.82. The molecule has 4 heteroatoms. The van der Waals surface area contributed by atoms with Crippen LogP contribution in [-0.4, -0.2) is 36.5 Å². The third-order valence-electron chi connectivity index (χ3n) is 7.91. The molecule has 1 unspecified atom stereocenters. The van der Waals surface area contributed by atoms with Crippen molar-refractivity contribution in [1.29, 1.82) is 0 Å². The highest BCUT2D eigenvalue weighted by molar-refractivity contribution is 5.78. The van der Waals surface area contributed by atoms with Crippen LogP contribution in [0.4, 0.5) is 0 Å². The monoisotopic (exact) mass is 404 g/mol. The smallest absolute Gasteiger partial charge is 0.328 e. The van der Waals surface area contributed by atoms with Gasteiger partial charge < -0.3 is 15.4 Å². The number of nitrogens with two attached hydrogens (primary N) is 1.